The number of Topliss-reactive ketones (excluding diaryl/α,β-unsaturated/α-hetero) is 1. The molecule has 0 spiro atoms. The molecule has 160 valence electrons. The Morgan fingerprint density at radius 3 is 1.81 bits per heavy atom. The molecule has 0 aliphatic rings. The number of carbonyl (C=O) groups excluding carboxylic acids is 2. The normalized spacial score (nSPS) is 10.8. The molecule has 7 heteroatoms. The zero-order chi connectivity index (χ0) is 22.6. The molecule has 0 bridgehead atoms. The van der Waals surface area contributed by atoms with Gasteiger partial charge in [0.2, 0.25) is 0 Å². The molecule has 0 heterocycles. The first kappa shape index (κ1) is 23.8. The summed E-state index contributed by atoms with van der Waals surface area (Å²) in [6.07, 6.45) is 0. The summed E-state index contributed by atoms with van der Waals surface area (Å²) in [6, 6.07) is 23.2. The molecule has 31 heavy (non-hydrogen) atoms. The molecule has 3 aromatic rings. The Balaban J connectivity index is 0.00000166. The lowest BCUT2D eigenvalue weighted by molar-refractivity contribution is -0.145. The number of ether oxygens (including phenoxy) is 3. The Morgan fingerprint density at radius 2 is 1.29 bits per heavy atom. The van der Waals surface area contributed by atoms with Gasteiger partial charge in [-0.15, -0.1) is 0 Å². The van der Waals surface area contributed by atoms with E-state index in [1.165, 1.54) is 23.3 Å². The van der Waals surface area contributed by atoms with E-state index in [-0.39, 0.29) is 12.2 Å². The van der Waals surface area contributed by atoms with E-state index in [4.69, 9.17) is 18.8 Å². The largest absolute Gasteiger partial charge is 0.496 e. The van der Waals surface area contributed by atoms with Crippen molar-refractivity contribution in [1.82, 2.24) is 0 Å². The van der Waals surface area contributed by atoms with Crippen LogP contribution in [0, 0.1) is 0 Å². The SMILES string of the molecule is COc1cccc(OC)c1C(=O)C(C(=O)OCc1ccccc1)c1ccccc1.O=[PH2+]. The molecule has 3 aromatic carbocycles. The maximum Gasteiger partial charge on any atom is 0.321 e. The third kappa shape index (κ3) is 6.00. The molecule has 0 aromatic heterocycles. The number of rotatable bonds is 8. The lowest BCUT2D eigenvalue weighted by Crippen LogP contribution is -2.25. The van der Waals surface area contributed by atoms with Crippen LogP contribution in [0.4, 0.5) is 0 Å². The van der Waals surface area contributed by atoms with Crippen molar-refractivity contribution in [2.24, 2.45) is 0 Å². The molecule has 0 aliphatic heterocycles. The third-order valence-electron chi connectivity index (χ3n) is 4.53. The predicted octanol–water partition coefficient (Wildman–Crippen LogP) is 4.62. The van der Waals surface area contributed by atoms with E-state index in [0.29, 0.717) is 17.1 Å². The van der Waals surface area contributed by atoms with Crippen molar-refractivity contribution in [3.63, 3.8) is 0 Å². The number of benzene rings is 3. The third-order valence-corrected chi connectivity index (χ3v) is 4.53. The lowest BCUT2D eigenvalue weighted by Gasteiger charge is -2.19. The molecule has 0 amide bonds. The number of hydrogen-bond donors (Lipinski definition) is 0. The minimum Gasteiger partial charge on any atom is -0.496 e. The molecule has 0 saturated carbocycles. The summed E-state index contributed by atoms with van der Waals surface area (Å²) in [6.45, 7) is 0.0827. The second-order valence-corrected chi connectivity index (χ2v) is 6.34. The second-order valence-electron chi connectivity index (χ2n) is 6.34. The summed E-state index contributed by atoms with van der Waals surface area (Å²) in [4.78, 5) is 26.5. The van der Waals surface area contributed by atoms with Crippen LogP contribution in [-0.4, -0.2) is 26.0 Å². The monoisotopic (exact) mass is 439 g/mol. The van der Waals surface area contributed by atoms with Gasteiger partial charge in [0.25, 0.3) is 0 Å². The highest BCUT2D eigenvalue weighted by molar-refractivity contribution is 7.00. The summed E-state index contributed by atoms with van der Waals surface area (Å²) < 4.78 is 24.4. The quantitative estimate of drug-likeness (QED) is 0.221. The topological polar surface area (TPSA) is 78.9 Å². The van der Waals surface area contributed by atoms with Crippen LogP contribution < -0.4 is 9.47 Å². The fraction of sp³-hybridized carbons (Fsp3) is 0.167. The molecule has 2 atom stereocenters. The molecule has 0 radical (unpaired) electrons. The first-order valence-electron chi connectivity index (χ1n) is 9.40. The summed E-state index contributed by atoms with van der Waals surface area (Å²) in [7, 11) is 4.10. The van der Waals surface area contributed by atoms with E-state index in [0.717, 1.165) is 5.56 Å². The van der Waals surface area contributed by atoms with Gasteiger partial charge in [-0.3, -0.25) is 9.59 Å². The average molecular weight is 439 g/mol. The number of methoxy groups -OCH3 is 2. The first-order chi connectivity index (χ1) is 15.2. The van der Waals surface area contributed by atoms with Crippen LogP contribution in [0.15, 0.2) is 78.9 Å². The van der Waals surface area contributed by atoms with Gasteiger partial charge in [0, 0.05) is 0 Å². The van der Waals surface area contributed by atoms with Crippen molar-refractivity contribution < 1.29 is 28.4 Å². The van der Waals surface area contributed by atoms with Gasteiger partial charge in [-0.05, 0) is 23.3 Å². The van der Waals surface area contributed by atoms with Crippen molar-refractivity contribution in [3.8, 4) is 11.5 Å². The second kappa shape index (κ2) is 12.3. The summed E-state index contributed by atoms with van der Waals surface area (Å²) in [5.74, 6) is -1.52. The Kier molecular flexibility index (Phi) is 9.40. The number of ketones is 1. The maximum absolute atomic E-state index is 13.5. The van der Waals surface area contributed by atoms with Crippen molar-refractivity contribution in [3.05, 3.63) is 95.6 Å². The molecular weight excluding hydrogens is 415 g/mol. The van der Waals surface area contributed by atoms with E-state index >= 15 is 0 Å². The summed E-state index contributed by atoms with van der Waals surface area (Å²) in [5, 5.41) is 0. The van der Waals surface area contributed by atoms with Crippen molar-refractivity contribution >= 4 is 20.9 Å². The van der Waals surface area contributed by atoms with E-state index in [9.17, 15) is 9.59 Å². The molecule has 0 N–H and O–H groups in total. The Labute approximate surface area is 183 Å². The highest BCUT2D eigenvalue weighted by Gasteiger charge is 2.34. The Bertz CT molecular complexity index is 969. The number of carbonyl (C=O) groups is 2. The zero-order valence-electron chi connectivity index (χ0n) is 17.3. The fourth-order valence-electron chi connectivity index (χ4n) is 3.09. The van der Waals surface area contributed by atoms with E-state index in [1.54, 1.807) is 42.5 Å². The van der Waals surface area contributed by atoms with Gasteiger partial charge in [0.05, 0.1) is 14.2 Å². The van der Waals surface area contributed by atoms with Crippen LogP contribution in [0.25, 0.3) is 0 Å². The predicted molar refractivity (Wildman–Crippen MR) is 120 cm³/mol. The first-order valence-corrected chi connectivity index (χ1v) is 9.87. The van der Waals surface area contributed by atoms with Gasteiger partial charge in [-0.25, -0.2) is 0 Å². The van der Waals surface area contributed by atoms with Gasteiger partial charge in [-0.1, -0.05) is 71.3 Å². The van der Waals surface area contributed by atoms with Crippen LogP contribution in [0.2, 0.25) is 0 Å². The minimum absolute atomic E-state index is 0.0827. The highest BCUT2D eigenvalue weighted by Crippen LogP contribution is 2.34. The minimum atomic E-state index is -1.13. The summed E-state index contributed by atoms with van der Waals surface area (Å²) in [5.41, 5.74) is 1.60. The maximum atomic E-state index is 13.5. The standard InChI is InChI=1S/C24H22O5.H2OP/c1-27-19-14-9-15-20(28-2)22(19)23(25)21(18-12-7-4-8-13-18)24(26)29-16-17-10-5-3-6-11-17;1-2/h3-15,21H,16H2,1-2H3;2H2/q;+1. The zero-order valence-corrected chi connectivity index (χ0v) is 18.5. The van der Waals surface area contributed by atoms with Crippen LogP contribution >= 0.6 is 9.12 Å². The van der Waals surface area contributed by atoms with Gasteiger partial charge in [-0.2, -0.15) is 0 Å². The van der Waals surface area contributed by atoms with Gasteiger partial charge in [0.15, 0.2) is 5.78 Å². The average Bonchev–Trinajstić information content (AvgIpc) is 2.84. The molecule has 0 aliphatic carbocycles. The Morgan fingerprint density at radius 1 is 0.774 bits per heavy atom. The highest BCUT2D eigenvalue weighted by atomic mass is 31.0. The smallest absolute Gasteiger partial charge is 0.321 e. The van der Waals surface area contributed by atoms with Crippen LogP contribution in [0.5, 0.6) is 11.5 Å². The fourth-order valence-corrected chi connectivity index (χ4v) is 3.09. The Hall–Kier alpha value is -3.50. The molecule has 0 saturated heterocycles. The number of esters is 1. The van der Waals surface area contributed by atoms with E-state index in [1.807, 2.05) is 36.4 Å². The van der Waals surface area contributed by atoms with Crippen LogP contribution in [-0.2, 0) is 20.7 Å². The summed E-state index contributed by atoms with van der Waals surface area (Å²) >= 11 is 0. The van der Waals surface area contributed by atoms with Crippen molar-refractivity contribution in [2.45, 2.75) is 12.5 Å². The number of hydrogen-bond acceptors (Lipinski definition) is 6. The van der Waals surface area contributed by atoms with Gasteiger partial charge >= 0.3 is 15.1 Å². The molecule has 6 nitrogen and oxygen atoms in total. The molecule has 0 fully saturated rings. The van der Waals surface area contributed by atoms with Crippen LogP contribution in [0.3, 0.4) is 0 Å². The van der Waals surface area contributed by atoms with E-state index < -0.39 is 17.7 Å². The van der Waals surface area contributed by atoms with Crippen LogP contribution in [0.1, 0.15) is 27.4 Å². The molecule has 3 rings (SSSR count). The van der Waals surface area contributed by atoms with E-state index in [2.05, 4.69) is 0 Å². The van der Waals surface area contributed by atoms with Crippen molar-refractivity contribution in [2.75, 3.05) is 14.2 Å². The van der Waals surface area contributed by atoms with Gasteiger partial charge in [0.1, 0.15) is 29.6 Å². The lowest BCUT2D eigenvalue weighted by atomic mass is 9.89. The molecular formula is C24H24O6P+. The van der Waals surface area contributed by atoms with Crippen molar-refractivity contribution in [1.29, 1.82) is 0 Å². The molecule has 2 unspecified atom stereocenters. The van der Waals surface area contributed by atoms with Gasteiger partial charge < -0.3 is 14.2 Å².